The van der Waals surface area contributed by atoms with Gasteiger partial charge in [-0.15, -0.1) is 0 Å². The highest BCUT2D eigenvalue weighted by Crippen LogP contribution is 2.29. The van der Waals surface area contributed by atoms with E-state index in [2.05, 4.69) is 13.8 Å². The van der Waals surface area contributed by atoms with Gasteiger partial charge >= 0.3 is 6.18 Å². The summed E-state index contributed by atoms with van der Waals surface area (Å²) in [6.07, 6.45) is 17.6. The molecule has 35 heavy (non-hydrogen) atoms. The van der Waals surface area contributed by atoms with Gasteiger partial charge in [-0.3, -0.25) is 4.79 Å². The van der Waals surface area contributed by atoms with Gasteiger partial charge in [0.05, 0.1) is 5.56 Å². The Balaban J connectivity index is 2.46. The smallest absolute Gasteiger partial charge is 0.339 e. The summed E-state index contributed by atoms with van der Waals surface area (Å²) in [6.45, 7) is 5.83. The standard InChI is InChI=1S/C30H50F3NO/c1-3-5-7-9-11-13-15-17-19-25-34(26-20-18-16-14-12-10-8-6-4-2)29(35)27-21-23-28(24-22-27)30(31,32)33/h21-24H,3-20,25-26H2,1-2H3. The molecule has 0 N–H and O–H groups in total. The molecule has 0 heterocycles. The molecule has 0 bridgehead atoms. The lowest BCUT2D eigenvalue weighted by Gasteiger charge is -2.23. The van der Waals surface area contributed by atoms with Crippen molar-refractivity contribution in [2.75, 3.05) is 13.1 Å². The molecule has 2 nitrogen and oxygen atoms in total. The van der Waals surface area contributed by atoms with Crippen molar-refractivity contribution >= 4 is 5.91 Å². The SMILES string of the molecule is CCCCCCCCCCCN(CCCCCCCCCCC)C(=O)c1ccc(C(F)(F)F)cc1. The van der Waals surface area contributed by atoms with Crippen molar-refractivity contribution in [2.45, 2.75) is 136 Å². The lowest BCUT2D eigenvalue weighted by atomic mass is 10.1. The lowest BCUT2D eigenvalue weighted by Crippen LogP contribution is -2.33. The molecule has 0 atom stereocenters. The predicted octanol–water partition coefficient (Wildman–Crippen LogP) is 10.2. The molecule has 0 unspecified atom stereocenters. The molecule has 0 saturated heterocycles. The van der Waals surface area contributed by atoms with E-state index in [1.165, 1.54) is 102 Å². The summed E-state index contributed by atoms with van der Waals surface area (Å²) in [4.78, 5) is 14.9. The molecule has 202 valence electrons. The minimum atomic E-state index is -4.38. The highest BCUT2D eigenvalue weighted by Gasteiger charge is 2.30. The fourth-order valence-electron chi connectivity index (χ4n) is 4.53. The molecule has 0 aromatic heterocycles. The number of carbonyl (C=O) groups is 1. The van der Waals surface area contributed by atoms with Crippen molar-refractivity contribution in [3.05, 3.63) is 35.4 Å². The first-order valence-electron chi connectivity index (χ1n) is 14.4. The lowest BCUT2D eigenvalue weighted by molar-refractivity contribution is -0.137. The van der Waals surface area contributed by atoms with E-state index in [9.17, 15) is 18.0 Å². The maximum atomic E-state index is 13.1. The molecule has 1 aromatic carbocycles. The average Bonchev–Trinajstić information content (AvgIpc) is 2.84. The average molecular weight is 498 g/mol. The molecule has 1 amide bonds. The number of carbonyl (C=O) groups excluding carboxylic acids is 1. The Hall–Kier alpha value is -1.52. The van der Waals surface area contributed by atoms with Gasteiger partial charge in [0.25, 0.3) is 5.91 Å². The Bertz CT molecular complexity index is 620. The van der Waals surface area contributed by atoms with Crippen LogP contribution in [0.4, 0.5) is 13.2 Å². The van der Waals surface area contributed by atoms with E-state index in [-0.39, 0.29) is 5.91 Å². The summed E-state index contributed by atoms with van der Waals surface area (Å²) in [6, 6.07) is 4.68. The van der Waals surface area contributed by atoms with Gasteiger partial charge in [-0.25, -0.2) is 0 Å². The molecule has 0 saturated carbocycles. The van der Waals surface area contributed by atoms with Crippen molar-refractivity contribution in [3.8, 4) is 0 Å². The van der Waals surface area contributed by atoms with E-state index in [0.717, 1.165) is 37.8 Å². The van der Waals surface area contributed by atoms with Crippen LogP contribution < -0.4 is 0 Å². The number of rotatable bonds is 21. The van der Waals surface area contributed by atoms with Gasteiger partial charge in [-0.2, -0.15) is 13.2 Å². The third-order valence-corrected chi connectivity index (χ3v) is 6.81. The minimum Gasteiger partial charge on any atom is -0.339 e. The highest BCUT2D eigenvalue weighted by atomic mass is 19.4. The van der Waals surface area contributed by atoms with Gasteiger partial charge < -0.3 is 4.90 Å². The summed E-state index contributed by atoms with van der Waals surface area (Å²) >= 11 is 0. The fourth-order valence-corrected chi connectivity index (χ4v) is 4.53. The van der Waals surface area contributed by atoms with Crippen LogP contribution in [0.1, 0.15) is 145 Å². The second kappa shape index (κ2) is 19.6. The number of hydrogen-bond acceptors (Lipinski definition) is 1. The number of unbranched alkanes of at least 4 members (excludes halogenated alkanes) is 16. The summed E-state index contributed by atoms with van der Waals surface area (Å²) in [5.74, 6) is -0.141. The molecule has 5 heteroatoms. The van der Waals surface area contributed by atoms with Crippen LogP contribution in [0.2, 0.25) is 0 Å². The topological polar surface area (TPSA) is 20.3 Å². The summed E-state index contributed by atoms with van der Waals surface area (Å²) in [7, 11) is 0. The van der Waals surface area contributed by atoms with Gasteiger partial charge in [0.2, 0.25) is 0 Å². The molecular formula is C30H50F3NO. The van der Waals surface area contributed by atoms with Crippen molar-refractivity contribution in [1.29, 1.82) is 0 Å². The van der Waals surface area contributed by atoms with Crippen molar-refractivity contribution in [2.24, 2.45) is 0 Å². The third kappa shape index (κ3) is 15.3. The number of nitrogens with zero attached hydrogens (tertiary/aromatic N) is 1. The van der Waals surface area contributed by atoms with E-state index in [4.69, 9.17) is 0 Å². The monoisotopic (exact) mass is 497 g/mol. The fraction of sp³-hybridized carbons (Fsp3) is 0.767. The summed E-state index contributed by atoms with van der Waals surface area (Å²) in [5, 5.41) is 0. The van der Waals surface area contributed by atoms with Crippen LogP contribution in [0.3, 0.4) is 0 Å². The van der Waals surface area contributed by atoms with Crippen molar-refractivity contribution < 1.29 is 18.0 Å². The van der Waals surface area contributed by atoms with Gasteiger partial charge in [0, 0.05) is 18.7 Å². The zero-order chi connectivity index (χ0) is 25.8. The first-order chi connectivity index (χ1) is 16.9. The third-order valence-electron chi connectivity index (χ3n) is 6.81. The van der Waals surface area contributed by atoms with Crippen LogP contribution in [0, 0.1) is 0 Å². The highest BCUT2D eigenvalue weighted by molar-refractivity contribution is 5.94. The molecule has 1 rings (SSSR count). The summed E-state index contributed by atoms with van der Waals surface area (Å²) in [5.41, 5.74) is -0.358. The molecule has 0 fully saturated rings. The number of benzene rings is 1. The van der Waals surface area contributed by atoms with E-state index in [1.807, 2.05) is 4.90 Å². The second-order valence-electron chi connectivity index (χ2n) is 10.0. The number of halogens is 3. The van der Waals surface area contributed by atoms with Gasteiger partial charge in [0.1, 0.15) is 0 Å². The molecule has 0 aliphatic rings. The Morgan fingerprint density at radius 2 is 0.943 bits per heavy atom. The minimum absolute atomic E-state index is 0.141. The Morgan fingerprint density at radius 3 is 1.29 bits per heavy atom. The number of alkyl halides is 3. The molecule has 0 aliphatic carbocycles. The van der Waals surface area contributed by atoms with E-state index < -0.39 is 11.7 Å². The molecule has 0 aliphatic heterocycles. The number of amides is 1. The van der Waals surface area contributed by atoms with Crippen LogP contribution in [0.25, 0.3) is 0 Å². The van der Waals surface area contributed by atoms with Gasteiger partial charge in [0.15, 0.2) is 0 Å². The van der Waals surface area contributed by atoms with Crippen molar-refractivity contribution in [3.63, 3.8) is 0 Å². The van der Waals surface area contributed by atoms with E-state index >= 15 is 0 Å². The molecule has 0 radical (unpaired) electrons. The maximum Gasteiger partial charge on any atom is 0.416 e. The number of hydrogen-bond donors (Lipinski definition) is 0. The molecule has 0 spiro atoms. The largest absolute Gasteiger partial charge is 0.416 e. The maximum absolute atomic E-state index is 13.1. The molecule has 1 aromatic rings. The quantitative estimate of drug-likeness (QED) is 0.155. The van der Waals surface area contributed by atoms with Crippen LogP contribution in [-0.4, -0.2) is 23.9 Å². The van der Waals surface area contributed by atoms with Crippen LogP contribution in [0.15, 0.2) is 24.3 Å². The second-order valence-corrected chi connectivity index (χ2v) is 10.0. The first kappa shape index (κ1) is 31.5. The Kier molecular flexibility index (Phi) is 17.7. The van der Waals surface area contributed by atoms with Gasteiger partial charge in [-0.1, -0.05) is 117 Å². The molecular weight excluding hydrogens is 447 g/mol. The van der Waals surface area contributed by atoms with E-state index in [1.54, 1.807) is 0 Å². The van der Waals surface area contributed by atoms with Crippen LogP contribution >= 0.6 is 0 Å². The predicted molar refractivity (Wildman–Crippen MR) is 142 cm³/mol. The first-order valence-corrected chi connectivity index (χ1v) is 14.4. The normalized spacial score (nSPS) is 11.7. The summed E-state index contributed by atoms with van der Waals surface area (Å²) < 4.78 is 38.7. The van der Waals surface area contributed by atoms with Crippen LogP contribution in [0.5, 0.6) is 0 Å². The zero-order valence-corrected chi connectivity index (χ0v) is 22.4. The van der Waals surface area contributed by atoms with Crippen LogP contribution in [-0.2, 0) is 6.18 Å². The Labute approximate surface area is 213 Å². The zero-order valence-electron chi connectivity index (χ0n) is 22.4. The Morgan fingerprint density at radius 1 is 0.600 bits per heavy atom. The van der Waals surface area contributed by atoms with Crippen molar-refractivity contribution in [1.82, 2.24) is 4.90 Å². The van der Waals surface area contributed by atoms with Gasteiger partial charge in [-0.05, 0) is 37.1 Å². The van der Waals surface area contributed by atoms with E-state index in [0.29, 0.717) is 18.7 Å².